The van der Waals surface area contributed by atoms with Crippen molar-refractivity contribution >= 4 is 28.9 Å². The first-order valence-electron chi connectivity index (χ1n) is 7.59. The molecule has 0 bridgehead atoms. The first-order chi connectivity index (χ1) is 12.5. The van der Waals surface area contributed by atoms with Gasteiger partial charge in [0, 0.05) is 11.3 Å². The molecule has 1 amide bonds. The van der Waals surface area contributed by atoms with Crippen LogP contribution in [-0.4, -0.2) is 11.9 Å². The average molecular weight is 373 g/mol. The number of hydrogen-bond donors (Lipinski definition) is 1. The molecule has 1 N–H and O–H groups in total. The van der Waals surface area contributed by atoms with Gasteiger partial charge in [0.15, 0.2) is 11.6 Å². The fourth-order valence-corrected chi connectivity index (χ4v) is 2.83. The summed E-state index contributed by atoms with van der Waals surface area (Å²) in [6.45, 7) is -0.395. The number of benzene rings is 2. The summed E-state index contributed by atoms with van der Waals surface area (Å²) in [6.07, 6.45) is 0. The lowest BCUT2D eigenvalue weighted by atomic mass is 10.2. The lowest BCUT2D eigenvalue weighted by Crippen LogP contribution is -2.11. The van der Waals surface area contributed by atoms with E-state index >= 15 is 0 Å². The van der Waals surface area contributed by atoms with E-state index in [9.17, 15) is 18.4 Å². The highest BCUT2D eigenvalue weighted by Crippen LogP contribution is 2.17. The molecule has 26 heavy (non-hydrogen) atoms. The van der Waals surface area contributed by atoms with Crippen LogP contribution in [-0.2, 0) is 11.3 Å². The summed E-state index contributed by atoms with van der Waals surface area (Å²) >= 11 is 1.30. The zero-order valence-electron chi connectivity index (χ0n) is 13.4. The predicted molar refractivity (Wildman–Crippen MR) is 94.2 cm³/mol. The van der Waals surface area contributed by atoms with Crippen molar-refractivity contribution in [3.8, 4) is 0 Å². The molecule has 0 fully saturated rings. The van der Waals surface area contributed by atoms with Gasteiger partial charge >= 0.3 is 5.97 Å². The van der Waals surface area contributed by atoms with Crippen LogP contribution >= 0.6 is 11.3 Å². The molecule has 0 atom stereocenters. The molecular formula is C19H13F2NO3S. The monoisotopic (exact) mass is 373 g/mol. The summed E-state index contributed by atoms with van der Waals surface area (Å²) in [5.41, 5.74) is 0.557. The van der Waals surface area contributed by atoms with Gasteiger partial charge in [0.2, 0.25) is 0 Å². The van der Waals surface area contributed by atoms with Gasteiger partial charge < -0.3 is 10.1 Å². The van der Waals surface area contributed by atoms with Crippen molar-refractivity contribution in [3.05, 3.63) is 87.6 Å². The van der Waals surface area contributed by atoms with E-state index in [-0.39, 0.29) is 17.0 Å². The Hall–Kier alpha value is -3.06. The number of halogens is 2. The Morgan fingerprint density at radius 1 is 1.04 bits per heavy atom. The third-order valence-corrected chi connectivity index (χ3v) is 4.36. The van der Waals surface area contributed by atoms with Gasteiger partial charge in [0.05, 0.1) is 10.4 Å². The molecule has 3 rings (SSSR count). The second kappa shape index (κ2) is 7.88. The van der Waals surface area contributed by atoms with Gasteiger partial charge in [-0.05, 0) is 35.7 Å². The van der Waals surface area contributed by atoms with Crippen molar-refractivity contribution < 1.29 is 23.1 Å². The maximum Gasteiger partial charge on any atom is 0.338 e. The van der Waals surface area contributed by atoms with E-state index in [4.69, 9.17) is 4.74 Å². The Balaban J connectivity index is 1.66. The number of carbonyl (C=O) groups excluding carboxylic acids is 2. The molecule has 0 unspecified atom stereocenters. The molecule has 1 heterocycles. The van der Waals surface area contributed by atoms with Crippen LogP contribution in [0.25, 0.3) is 0 Å². The molecule has 132 valence electrons. The molecule has 2 aromatic carbocycles. The van der Waals surface area contributed by atoms with Crippen molar-refractivity contribution in [2.75, 3.05) is 5.32 Å². The summed E-state index contributed by atoms with van der Waals surface area (Å²) in [6, 6.07) is 13.3. The van der Waals surface area contributed by atoms with Gasteiger partial charge in [-0.15, -0.1) is 11.3 Å². The zero-order valence-corrected chi connectivity index (χ0v) is 14.2. The molecule has 0 aliphatic heterocycles. The van der Waals surface area contributed by atoms with Gasteiger partial charge in [0.1, 0.15) is 6.61 Å². The quantitative estimate of drug-likeness (QED) is 0.663. The minimum atomic E-state index is -1.04. The first-order valence-corrected chi connectivity index (χ1v) is 8.47. The predicted octanol–water partition coefficient (Wildman–Crippen LogP) is 4.64. The smallest absolute Gasteiger partial charge is 0.338 e. The molecule has 4 nitrogen and oxygen atoms in total. The summed E-state index contributed by atoms with van der Waals surface area (Å²) in [7, 11) is 0. The lowest BCUT2D eigenvalue weighted by Gasteiger charge is -2.08. The third-order valence-electron chi connectivity index (χ3n) is 3.49. The Labute approximate surface area is 152 Å². The average Bonchev–Trinajstić information content (AvgIpc) is 3.18. The Morgan fingerprint density at radius 3 is 2.62 bits per heavy atom. The van der Waals surface area contributed by atoms with Crippen LogP contribution < -0.4 is 5.32 Å². The number of carbonyl (C=O) groups is 2. The van der Waals surface area contributed by atoms with Crippen LogP contribution in [0.1, 0.15) is 25.6 Å². The molecule has 0 saturated heterocycles. The number of anilines is 1. The fourth-order valence-electron chi connectivity index (χ4n) is 2.21. The summed E-state index contributed by atoms with van der Waals surface area (Å²) in [5.74, 6) is -3.04. The number of rotatable bonds is 5. The Morgan fingerprint density at radius 2 is 1.85 bits per heavy atom. The van der Waals surface area contributed by atoms with Gasteiger partial charge in [-0.2, -0.15) is 0 Å². The largest absolute Gasteiger partial charge is 0.457 e. The SMILES string of the molecule is O=C(OCc1cccc(F)c1F)c1cccc(NC(=O)c2cccs2)c1. The molecule has 0 spiro atoms. The number of nitrogens with one attached hydrogen (secondary N) is 1. The maximum atomic E-state index is 13.6. The normalized spacial score (nSPS) is 10.4. The molecule has 0 aliphatic rings. The van der Waals surface area contributed by atoms with Gasteiger partial charge in [-0.1, -0.05) is 24.3 Å². The number of ether oxygens (including phenoxy) is 1. The van der Waals surface area contributed by atoms with Crippen molar-refractivity contribution in [2.24, 2.45) is 0 Å². The minimum absolute atomic E-state index is 0.0551. The molecule has 1 aromatic heterocycles. The Kier molecular flexibility index (Phi) is 5.38. The van der Waals surface area contributed by atoms with Crippen molar-refractivity contribution in [1.29, 1.82) is 0 Å². The van der Waals surface area contributed by atoms with Crippen LogP contribution in [0.15, 0.2) is 60.0 Å². The molecule has 0 aliphatic carbocycles. The number of hydrogen-bond acceptors (Lipinski definition) is 4. The fraction of sp³-hybridized carbons (Fsp3) is 0.0526. The van der Waals surface area contributed by atoms with Crippen molar-refractivity contribution in [3.63, 3.8) is 0 Å². The topological polar surface area (TPSA) is 55.4 Å². The standard InChI is InChI=1S/C19H13F2NO3S/c20-15-7-2-5-13(17(15)21)11-25-19(24)12-4-1-6-14(10-12)22-18(23)16-8-3-9-26-16/h1-10H,11H2,(H,22,23). The maximum absolute atomic E-state index is 13.6. The second-order valence-corrected chi connectivity index (χ2v) is 6.25. The van der Waals surface area contributed by atoms with E-state index < -0.39 is 24.2 Å². The van der Waals surface area contributed by atoms with Crippen LogP contribution in [0.2, 0.25) is 0 Å². The van der Waals surface area contributed by atoms with Crippen LogP contribution in [0.5, 0.6) is 0 Å². The number of thiophene rings is 1. The molecular weight excluding hydrogens is 360 g/mol. The zero-order chi connectivity index (χ0) is 18.5. The summed E-state index contributed by atoms with van der Waals surface area (Å²) in [4.78, 5) is 24.7. The van der Waals surface area contributed by atoms with E-state index in [1.807, 2.05) is 0 Å². The summed E-state index contributed by atoms with van der Waals surface area (Å²) < 4.78 is 31.8. The highest BCUT2D eigenvalue weighted by Gasteiger charge is 2.13. The van der Waals surface area contributed by atoms with Gasteiger partial charge in [-0.3, -0.25) is 4.79 Å². The third kappa shape index (κ3) is 4.12. The molecule has 7 heteroatoms. The van der Waals surface area contributed by atoms with E-state index in [1.54, 1.807) is 29.6 Å². The second-order valence-electron chi connectivity index (χ2n) is 5.30. The van der Waals surface area contributed by atoms with Crippen LogP contribution in [0, 0.1) is 11.6 Å². The van der Waals surface area contributed by atoms with E-state index in [1.165, 1.54) is 35.6 Å². The molecule has 3 aromatic rings. The van der Waals surface area contributed by atoms with Gasteiger partial charge in [-0.25, -0.2) is 13.6 Å². The van der Waals surface area contributed by atoms with Crippen LogP contribution in [0.3, 0.4) is 0 Å². The van der Waals surface area contributed by atoms with Crippen molar-refractivity contribution in [2.45, 2.75) is 6.61 Å². The van der Waals surface area contributed by atoms with Crippen LogP contribution in [0.4, 0.5) is 14.5 Å². The number of amides is 1. The highest BCUT2D eigenvalue weighted by molar-refractivity contribution is 7.12. The van der Waals surface area contributed by atoms with E-state index in [2.05, 4.69) is 5.32 Å². The Bertz CT molecular complexity index is 942. The van der Waals surface area contributed by atoms with E-state index in [0.717, 1.165) is 6.07 Å². The highest BCUT2D eigenvalue weighted by atomic mass is 32.1. The van der Waals surface area contributed by atoms with Gasteiger partial charge in [0.25, 0.3) is 5.91 Å². The number of esters is 1. The minimum Gasteiger partial charge on any atom is -0.457 e. The molecule has 0 saturated carbocycles. The lowest BCUT2D eigenvalue weighted by molar-refractivity contribution is 0.0468. The first kappa shape index (κ1) is 17.8. The molecule has 0 radical (unpaired) electrons. The van der Waals surface area contributed by atoms with E-state index in [0.29, 0.717) is 10.6 Å². The summed E-state index contributed by atoms with van der Waals surface area (Å²) in [5, 5.41) is 4.47. The van der Waals surface area contributed by atoms with Crippen molar-refractivity contribution in [1.82, 2.24) is 0 Å².